The van der Waals surface area contributed by atoms with Crippen LogP contribution in [0.15, 0.2) is 6.07 Å². The number of anilines is 1. The number of ether oxygens (including phenoxy) is 1. The molecule has 18 heavy (non-hydrogen) atoms. The fourth-order valence-corrected chi connectivity index (χ4v) is 2.52. The minimum atomic E-state index is -0.324. The van der Waals surface area contributed by atoms with Crippen molar-refractivity contribution in [3.63, 3.8) is 0 Å². The van der Waals surface area contributed by atoms with Crippen LogP contribution in [0.2, 0.25) is 0 Å². The van der Waals surface area contributed by atoms with Gasteiger partial charge in [0.15, 0.2) is 5.82 Å². The van der Waals surface area contributed by atoms with Gasteiger partial charge in [-0.1, -0.05) is 20.8 Å². The average Bonchev–Trinajstić information content (AvgIpc) is 2.76. The van der Waals surface area contributed by atoms with Crippen LogP contribution in [-0.2, 0) is 15.8 Å². The molecule has 0 saturated heterocycles. The zero-order valence-corrected chi connectivity index (χ0v) is 11.8. The molecular formula is C14H23N3O. The number of hydrogen-bond acceptors (Lipinski definition) is 4. The van der Waals surface area contributed by atoms with Crippen molar-refractivity contribution in [1.82, 2.24) is 9.97 Å². The standard InChI is InChI=1S/C14H23N3O/c1-13(2,3)10-9-11(15)17-12(16-10)14(18-4)7-5-6-8-14/h9H,5-8H2,1-4H3,(H2,15,16,17). The average molecular weight is 249 g/mol. The zero-order valence-electron chi connectivity index (χ0n) is 11.8. The van der Waals surface area contributed by atoms with Crippen LogP contribution < -0.4 is 5.73 Å². The summed E-state index contributed by atoms with van der Waals surface area (Å²) in [6.07, 6.45) is 4.29. The smallest absolute Gasteiger partial charge is 0.162 e. The molecule has 1 heterocycles. The van der Waals surface area contributed by atoms with Gasteiger partial charge in [0.2, 0.25) is 0 Å². The summed E-state index contributed by atoms with van der Waals surface area (Å²) < 4.78 is 5.73. The summed E-state index contributed by atoms with van der Waals surface area (Å²) in [6, 6.07) is 1.86. The van der Waals surface area contributed by atoms with Gasteiger partial charge in [0.05, 0.1) is 5.69 Å². The molecule has 0 atom stereocenters. The number of nitrogens with zero attached hydrogens (tertiary/aromatic N) is 2. The number of methoxy groups -OCH3 is 1. The number of hydrogen-bond donors (Lipinski definition) is 1. The molecule has 0 radical (unpaired) electrons. The molecule has 4 nitrogen and oxygen atoms in total. The molecule has 2 N–H and O–H groups in total. The molecule has 2 rings (SSSR count). The van der Waals surface area contributed by atoms with Crippen molar-refractivity contribution in [3.8, 4) is 0 Å². The first kappa shape index (κ1) is 13.3. The second kappa shape index (κ2) is 4.50. The van der Waals surface area contributed by atoms with Crippen molar-refractivity contribution in [3.05, 3.63) is 17.6 Å². The Labute approximate surface area is 109 Å². The Bertz CT molecular complexity index is 431. The molecule has 100 valence electrons. The maximum atomic E-state index is 5.93. The summed E-state index contributed by atoms with van der Waals surface area (Å²) in [5.41, 5.74) is 6.56. The van der Waals surface area contributed by atoms with Gasteiger partial charge >= 0.3 is 0 Å². The summed E-state index contributed by atoms with van der Waals surface area (Å²) in [4.78, 5) is 9.13. The Morgan fingerprint density at radius 2 is 1.83 bits per heavy atom. The highest BCUT2D eigenvalue weighted by molar-refractivity contribution is 5.34. The Kier molecular flexibility index (Phi) is 3.32. The second-order valence-corrected chi connectivity index (χ2v) is 6.16. The van der Waals surface area contributed by atoms with Crippen molar-refractivity contribution in [2.45, 2.75) is 57.5 Å². The fourth-order valence-electron chi connectivity index (χ4n) is 2.52. The van der Waals surface area contributed by atoms with E-state index >= 15 is 0 Å². The first-order valence-electron chi connectivity index (χ1n) is 6.58. The third kappa shape index (κ3) is 2.34. The molecule has 1 saturated carbocycles. The van der Waals surface area contributed by atoms with Gasteiger partial charge in [0, 0.05) is 18.6 Å². The van der Waals surface area contributed by atoms with Gasteiger partial charge in [-0.15, -0.1) is 0 Å². The van der Waals surface area contributed by atoms with Gasteiger partial charge in [-0.05, 0) is 25.7 Å². The van der Waals surface area contributed by atoms with Crippen LogP contribution in [0.1, 0.15) is 58.0 Å². The minimum Gasteiger partial charge on any atom is -0.384 e. The molecule has 1 aromatic rings. The van der Waals surface area contributed by atoms with Gasteiger partial charge in [0.1, 0.15) is 11.4 Å². The van der Waals surface area contributed by atoms with E-state index in [1.54, 1.807) is 7.11 Å². The molecule has 1 aliphatic carbocycles. The van der Waals surface area contributed by atoms with Gasteiger partial charge in [0.25, 0.3) is 0 Å². The summed E-state index contributed by atoms with van der Waals surface area (Å²) in [6.45, 7) is 6.39. The molecule has 4 heteroatoms. The highest BCUT2D eigenvalue weighted by Gasteiger charge is 2.39. The van der Waals surface area contributed by atoms with E-state index in [2.05, 4.69) is 25.8 Å². The Morgan fingerprint density at radius 3 is 2.33 bits per heavy atom. The van der Waals surface area contributed by atoms with E-state index in [1.807, 2.05) is 6.07 Å². The van der Waals surface area contributed by atoms with E-state index in [1.165, 1.54) is 0 Å². The van der Waals surface area contributed by atoms with Crippen LogP contribution in [0.5, 0.6) is 0 Å². The highest BCUT2D eigenvalue weighted by Crippen LogP contribution is 2.40. The van der Waals surface area contributed by atoms with Crippen LogP contribution >= 0.6 is 0 Å². The quantitative estimate of drug-likeness (QED) is 0.875. The molecule has 1 aromatic heterocycles. The second-order valence-electron chi connectivity index (χ2n) is 6.16. The molecule has 0 amide bonds. The van der Waals surface area contributed by atoms with Crippen molar-refractivity contribution < 1.29 is 4.74 Å². The lowest BCUT2D eigenvalue weighted by Gasteiger charge is -2.28. The van der Waals surface area contributed by atoms with E-state index in [0.29, 0.717) is 5.82 Å². The van der Waals surface area contributed by atoms with Crippen LogP contribution in [0.4, 0.5) is 5.82 Å². The van der Waals surface area contributed by atoms with E-state index in [4.69, 9.17) is 15.5 Å². The number of aromatic nitrogens is 2. The van der Waals surface area contributed by atoms with Crippen LogP contribution in [0, 0.1) is 0 Å². The van der Waals surface area contributed by atoms with Gasteiger partial charge in [-0.3, -0.25) is 0 Å². The van der Waals surface area contributed by atoms with Crippen LogP contribution in [0.25, 0.3) is 0 Å². The first-order chi connectivity index (χ1) is 8.37. The molecular weight excluding hydrogens is 226 g/mol. The summed E-state index contributed by atoms with van der Waals surface area (Å²) >= 11 is 0. The minimum absolute atomic E-state index is 0.0284. The Balaban J connectivity index is 2.48. The Hall–Kier alpha value is -1.16. The third-order valence-electron chi connectivity index (χ3n) is 3.72. The first-order valence-corrected chi connectivity index (χ1v) is 6.58. The van der Waals surface area contributed by atoms with E-state index in [9.17, 15) is 0 Å². The predicted octanol–water partition coefficient (Wildman–Crippen LogP) is 2.77. The summed E-state index contributed by atoms with van der Waals surface area (Å²) in [7, 11) is 1.74. The largest absolute Gasteiger partial charge is 0.384 e. The normalized spacial score (nSPS) is 19.1. The van der Waals surface area contributed by atoms with Crippen molar-refractivity contribution in [2.24, 2.45) is 0 Å². The van der Waals surface area contributed by atoms with E-state index < -0.39 is 0 Å². The lowest BCUT2D eigenvalue weighted by molar-refractivity contribution is -0.0164. The van der Waals surface area contributed by atoms with Crippen molar-refractivity contribution in [1.29, 1.82) is 0 Å². The maximum absolute atomic E-state index is 5.93. The van der Waals surface area contributed by atoms with Crippen LogP contribution in [-0.4, -0.2) is 17.1 Å². The van der Waals surface area contributed by atoms with Crippen molar-refractivity contribution >= 4 is 5.82 Å². The monoisotopic (exact) mass is 249 g/mol. The highest BCUT2D eigenvalue weighted by atomic mass is 16.5. The van der Waals surface area contributed by atoms with Gasteiger partial charge in [-0.25, -0.2) is 9.97 Å². The van der Waals surface area contributed by atoms with E-state index in [0.717, 1.165) is 37.2 Å². The summed E-state index contributed by atoms with van der Waals surface area (Å²) in [5, 5.41) is 0. The van der Waals surface area contributed by atoms with Gasteiger partial charge < -0.3 is 10.5 Å². The molecule has 1 aliphatic rings. The topological polar surface area (TPSA) is 61.0 Å². The van der Waals surface area contributed by atoms with Crippen LogP contribution in [0.3, 0.4) is 0 Å². The third-order valence-corrected chi connectivity index (χ3v) is 3.72. The number of rotatable bonds is 2. The molecule has 0 aromatic carbocycles. The number of nitrogen functional groups attached to an aromatic ring is 1. The zero-order chi connectivity index (χ0) is 13.4. The molecule has 0 bridgehead atoms. The molecule has 0 unspecified atom stereocenters. The lowest BCUT2D eigenvalue weighted by atomic mass is 9.91. The Morgan fingerprint density at radius 1 is 1.22 bits per heavy atom. The number of nitrogens with two attached hydrogens (primary N) is 1. The van der Waals surface area contributed by atoms with E-state index in [-0.39, 0.29) is 11.0 Å². The molecule has 1 fully saturated rings. The summed E-state index contributed by atoms with van der Waals surface area (Å²) in [5.74, 6) is 1.29. The molecule has 0 aliphatic heterocycles. The van der Waals surface area contributed by atoms with Crippen molar-refractivity contribution in [2.75, 3.05) is 12.8 Å². The predicted molar refractivity (Wildman–Crippen MR) is 72.3 cm³/mol. The maximum Gasteiger partial charge on any atom is 0.162 e. The SMILES string of the molecule is COC1(c2nc(N)cc(C(C)(C)C)n2)CCCC1. The lowest BCUT2D eigenvalue weighted by Crippen LogP contribution is -2.29. The fraction of sp³-hybridized carbons (Fsp3) is 0.714. The molecule has 0 spiro atoms. The van der Waals surface area contributed by atoms with Gasteiger partial charge in [-0.2, -0.15) is 0 Å².